The third kappa shape index (κ3) is 3.32. The number of nitrogens with zero attached hydrogens (tertiary/aromatic N) is 2. The molecule has 0 aliphatic rings. The summed E-state index contributed by atoms with van der Waals surface area (Å²) >= 11 is 0. The molecule has 0 atom stereocenters. The summed E-state index contributed by atoms with van der Waals surface area (Å²) < 4.78 is 1.54. The van der Waals surface area contributed by atoms with Crippen molar-refractivity contribution in [2.24, 2.45) is 7.05 Å². The first-order valence-electron chi connectivity index (χ1n) is 7.91. The van der Waals surface area contributed by atoms with Crippen LogP contribution in [0.15, 0.2) is 41.5 Å². The fourth-order valence-electron chi connectivity index (χ4n) is 2.60. The van der Waals surface area contributed by atoms with Crippen LogP contribution in [0.4, 0.5) is 0 Å². The first-order valence-corrected chi connectivity index (χ1v) is 7.91. The Labute approximate surface area is 144 Å². The summed E-state index contributed by atoms with van der Waals surface area (Å²) in [7, 11) is 1.72. The normalized spacial score (nSPS) is 11.7. The van der Waals surface area contributed by atoms with E-state index in [1.54, 1.807) is 25.6 Å². The molecular formula is C18H20N4O3. The largest absolute Gasteiger partial charge is 0.386 e. The second-order valence-electron chi connectivity index (χ2n) is 6.50. The Morgan fingerprint density at radius 2 is 2.00 bits per heavy atom. The maximum atomic E-state index is 12.4. The molecule has 0 aliphatic carbocycles. The molecule has 2 aromatic heterocycles. The van der Waals surface area contributed by atoms with Crippen molar-refractivity contribution in [2.75, 3.05) is 0 Å². The fourth-order valence-corrected chi connectivity index (χ4v) is 2.60. The van der Waals surface area contributed by atoms with Crippen LogP contribution in [0, 0.1) is 0 Å². The minimum atomic E-state index is -0.909. The van der Waals surface area contributed by atoms with Gasteiger partial charge in [-0.1, -0.05) is 24.3 Å². The Morgan fingerprint density at radius 1 is 1.32 bits per heavy atom. The molecule has 0 aliphatic heterocycles. The molecular weight excluding hydrogens is 320 g/mol. The Bertz CT molecular complexity index is 978. The van der Waals surface area contributed by atoms with Gasteiger partial charge in [0.1, 0.15) is 11.2 Å². The molecule has 2 heterocycles. The number of pyridine rings is 1. The third-order valence-corrected chi connectivity index (χ3v) is 4.14. The molecule has 0 fully saturated rings. The number of H-pyrrole nitrogens is 1. The molecule has 1 aromatic carbocycles. The third-order valence-electron chi connectivity index (χ3n) is 4.14. The van der Waals surface area contributed by atoms with Crippen molar-refractivity contribution in [2.45, 2.75) is 26.0 Å². The zero-order valence-electron chi connectivity index (χ0n) is 14.3. The zero-order valence-corrected chi connectivity index (χ0v) is 14.3. The monoisotopic (exact) mass is 340 g/mol. The van der Waals surface area contributed by atoms with E-state index in [9.17, 15) is 14.7 Å². The Kier molecular flexibility index (Phi) is 4.18. The Morgan fingerprint density at radius 3 is 2.64 bits per heavy atom. The van der Waals surface area contributed by atoms with E-state index in [0.717, 1.165) is 11.1 Å². The van der Waals surface area contributed by atoms with E-state index < -0.39 is 11.5 Å². The quantitative estimate of drug-likeness (QED) is 0.669. The highest BCUT2D eigenvalue weighted by Crippen LogP contribution is 2.19. The van der Waals surface area contributed by atoms with Crippen molar-refractivity contribution in [3.05, 3.63) is 63.6 Å². The maximum absolute atomic E-state index is 12.4. The van der Waals surface area contributed by atoms with Crippen molar-refractivity contribution < 1.29 is 9.90 Å². The van der Waals surface area contributed by atoms with Crippen LogP contribution in [0.5, 0.6) is 0 Å². The Hall–Kier alpha value is -2.93. The first kappa shape index (κ1) is 16.9. The van der Waals surface area contributed by atoms with Crippen LogP contribution in [0.25, 0.3) is 11.0 Å². The molecule has 0 saturated carbocycles. The number of amides is 1. The van der Waals surface area contributed by atoms with Crippen LogP contribution in [0.3, 0.4) is 0 Å². The van der Waals surface area contributed by atoms with Gasteiger partial charge in [-0.3, -0.25) is 14.3 Å². The number of aliphatic hydroxyl groups is 1. The van der Waals surface area contributed by atoms with E-state index in [1.807, 2.05) is 24.3 Å². The van der Waals surface area contributed by atoms with Crippen LogP contribution < -0.4 is 10.7 Å². The lowest BCUT2D eigenvalue weighted by atomic mass is 9.97. The van der Waals surface area contributed by atoms with Crippen molar-refractivity contribution in [1.29, 1.82) is 0 Å². The number of aromatic amines is 1. The van der Waals surface area contributed by atoms with Crippen molar-refractivity contribution in [1.82, 2.24) is 20.1 Å². The summed E-state index contributed by atoms with van der Waals surface area (Å²) in [5.41, 5.74) is 1.03. The summed E-state index contributed by atoms with van der Waals surface area (Å²) in [5, 5.41) is 17.1. The second kappa shape index (κ2) is 6.18. The van der Waals surface area contributed by atoms with Gasteiger partial charge in [0.15, 0.2) is 0 Å². The van der Waals surface area contributed by atoms with Gasteiger partial charge in [-0.05, 0) is 25.0 Å². The number of aromatic nitrogens is 3. The minimum absolute atomic E-state index is 0.0496. The van der Waals surface area contributed by atoms with Gasteiger partial charge in [0.2, 0.25) is 5.43 Å². The van der Waals surface area contributed by atoms with Gasteiger partial charge in [-0.15, -0.1) is 0 Å². The number of nitrogens with one attached hydrogen (secondary N) is 2. The molecule has 0 spiro atoms. The summed E-state index contributed by atoms with van der Waals surface area (Å²) in [6.07, 6.45) is 2.85. The maximum Gasteiger partial charge on any atom is 0.257 e. The molecule has 0 radical (unpaired) electrons. The molecule has 1 amide bonds. The second-order valence-corrected chi connectivity index (χ2v) is 6.50. The number of benzene rings is 1. The molecule has 3 aromatic rings. The number of hydrogen-bond acceptors (Lipinski definition) is 4. The smallest absolute Gasteiger partial charge is 0.257 e. The summed E-state index contributed by atoms with van der Waals surface area (Å²) in [4.78, 5) is 27.6. The van der Waals surface area contributed by atoms with Crippen molar-refractivity contribution >= 4 is 16.9 Å². The molecule has 0 saturated heterocycles. The molecule has 25 heavy (non-hydrogen) atoms. The standard InChI is InChI=1S/C18H20N4O3/c1-18(2,25)12-6-4-11(5-7-12)8-20-17(24)14-9-19-16-13(15(14)23)10-21-22(16)3/h4-7,9-10,25H,8H2,1-3H3,(H,19,23)(H,20,24). The molecule has 0 bridgehead atoms. The first-order chi connectivity index (χ1) is 11.8. The van der Waals surface area contributed by atoms with E-state index in [4.69, 9.17) is 0 Å². The average molecular weight is 340 g/mol. The lowest BCUT2D eigenvalue weighted by Gasteiger charge is -2.17. The van der Waals surface area contributed by atoms with Crippen LogP contribution in [0.2, 0.25) is 0 Å². The lowest BCUT2D eigenvalue weighted by molar-refractivity contribution is 0.0785. The van der Waals surface area contributed by atoms with Crippen molar-refractivity contribution in [3.63, 3.8) is 0 Å². The minimum Gasteiger partial charge on any atom is -0.386 e. The van der Waals surface area contributed by atoms with Crippen LogP contribution >= 0.6 is 0 Å². The van der Waals surface area contributed by atoms with Crippen LogP contribution in [0.1, 0.15) is 35.3 Å². The zero-order chi connectivity index (χ0) is 18.2. The number of carbonyl (C=O) groups excluding carboxylic acids is 1. The lowest BCUT2D eigenvalue weighted by Crippen LogP contribution is -2.28. The fraction of sp³-hybridized carbons (Fsp3) is 0.278. The Balaban J connectivity index is 1.75. The van der Waals surface area contributed by atoms with E-state index in [0.29, 0.717) is 11.0 Å². The number of fused-ring (bicyclic) bond motifs is 1. The average Bonchev–Trinajstić information content (AvgIpc) is 2.95. The van der Waals surface area contributed by atoms with Gasteiger partial charge in [0, 0.05) is 19.8 Å². The van der Waals surface area contributed by atoms with Gasteiger partial charge in [-0.2, -0.15) is 5.10 Å². The van der Waals surface area contributed by atoms with Gasteiger partial charge in [-0.25, -0.2) is 0 Å². The summed E-state index contributed by atoms with van der Waals surface area (Å²) in [6.45, 7) is 3.71. The summed E-state index contributed by atoms with van der Waals surface area (Å²) in [6, 6.07) is 7.30. The van der Waals surface area contributed by atoms with E-state index in [1.165, 1.54) is 12.4 Å². The van der Waals surface area contributed by atoms with Gasteiger partial charge in [0.05, 0.1) is 17.2 Å². The highest BCUT2D eigenvalue weighted by Gasteiger charge is 2.16. The van der Waals surface area contributed by atoms with E-state index in [2.05, 4.69) is 15.4 Å². The van der Waals surface area contributed by atoms with Gasteiger partial charge < -0.3 is 15.4 Å². The highest BCUT2D eigenvalue weighted by atomic mass is 16.3. The van der Waals surface area contributed by atoms with Crippen LogP contribution in [-0.4, -0.2) is 25.8 Å². The number of carbonyl (C=O) groups is 1. The molecule has 3 rings (SSSR count). The predicted octanol–water partition coefficient (Wildman–Crippen LogP) is 1.42. The number of aryl methyl sites for hydroxylation is 1. The molecule has 0 unspecified atom stereocenters. The molecule has 7 nitrogen and oxygen atoms in total. The number of hydrogen-bond donors (Lipinski definition) is 3. The number of rotatable bonds is 4. The predicted molar refractivity (Wildman–Crippen MR) is 94.2 cm³/mol. The van der Waals surface area contributed by atoms with Crippen molar-refractivity contribution in [3.8, 4) is 0 Å². The molecule has 3 N–H and O–H groups in total. The van der Waals surface area contributed by atoms with Crippen LogP contribution in [-0.2, 0) is 19.2 Å². The molecule has 130 valence electrons. The van der Waals surface area contributed by atoms with Gasteiger partial charge in [0.25, 0.3) is 5.91 Å². The molecule has 7 heteroatoms. The topological polar surface area (TPSA) is 100 Å². The SMILES string of the molecule is Cn1ncc2c(=O)c(C(=O)NCc3ccc(C(C)(C)O)cc3)c[nH]c21. The van der Waals surface area contributed by atoms with E-state index >= 15 is 0 Å². The highest BCUT2D eigenvalue weighted by molar-refractivity contribution is 5.96. The van der Waals surface area contributed by atoms with E-state index in [-0.39, 0.29) is 17.5 Å². The van der Waals surface area contributed by atoms with Gasteiger partial charge >= 0.3 is 0 Å². The summed E-state index contributed by atoms with van der Waals surface area (Å²) in [5.74, 6) is -0.446.